The molecule has 1 amide bonds. The largest absolute Gasteiger partial charge is 0.326 e. The lowest BCUT2D eigenvalue weighted by atomic mass is 9.97. The molecule has 2 heterocycles. The molecule has 0 aliphatic carbocycles. The fourth-order valence-corrected chi connectivity index (χ4v) is 6.27. The molecule has 3 aromatic rings. The van der Waals surface area contributed by atoms with Crippen molar-refractivity contribution in [2.45, 2.75) is 17.7 Å². The van der Waals surface area contributed by atoms with Crippen molar-refractivity contribution in [3.63, 3.8) is 0 Å². The number of piperidine rings is 1. The molecule has 0 radical (unpaired) electrons. The van der Waals surface area contributed by atoms with Crippen molar-refractivity contribution in [3.8, 4) is 0 Å². The molecule has 2 aromatic carbocycles. The standard InChI is InChI=1S/C20H19ClFN3O4S2/c1-24-17-5-3-14(11-18(17)30-20(24)27)31(28,29)25-8-6-12(7-9-25)19(26)23-13-2-4-16(22)15(21)10-13/h2-5,10-12H,6-9H2,1H3,(H,23,26). The number of hydrogen-bond donors (Lipinski definition) is 1. The van der Waals surface area contributed by atoms with Crippen molar-refractivity contribution >= 4 is 54.8 Å². The molecule has 4 rings (SSSR count). The second-order valence-corrected chi connectivity index (χ2v) is 10.7. The number of aryl methyl sites for hydroxylation is 1. The SMILES string of the molecule is Cn1c(=O)sc2cc(S(=O)(=O)N3CCC(C(=O)Nc4ccc(F)c(Cl)c4)CC3)ccc21. The van der Waals surface area contributed by atoms with Crippen molar-refractivity contribution in [2.75, 3.05) is 18.4 Å². The van der Waals surface area contributed by atoms with Crippen molar-refractivity contribution < 1.29 is 17.6 Å². The van der Waals surface area contributed by atoms with Crippen LogP contribution in [0.2, 0.25) is 5.02 Å². The van der Waals surface area contributed by atoms with E-state index in [1.165, 1.54) is 39.2 Å². The maximum atomic E-state index is 13.3. The van der Waals surface area contributed by atoms with Crippen LogP contribution in [0.3, 0.4) is 0 Å². The Morgan fingerprint density at radius 2 is 1.90 bits per heavy atom. The summed E-state index contributed by atoms with van der Waals surface area (Å²) in [6, 6.07) is 8.59. The van der Waals surface area contributed by atoms with Crippen LogP contribution in [0.4, 0.5) is 10.1 Å². The quantitative estimate of drug-likeness (QED) is 0.615. The molecule has 7 nitrogen and oxygen atoms in total. The molecule has 0 atom stereocenters. The van der Waals surface area contributed by atoms with Gasteiger partial charge in [-0.3, -0.25) is 9.59 Å². The lowest BCUT2D eigenvalue weighted by Crippen LogP contribution is -2.41. The topological polar surface area (TPSA) is 88.5 Å². The van der Waals surface area contributed by atoms with Crippen molar-refractivity contribution in [1.82, 2.24) is 8.87 Å². The fourth-order valence-electron chi connectivity index (χ4n) is 3.60. The summed E-state index contributed by atoms with van der Waals surface area (Å²) < 4.78 is 42.8. The summed E-state index contributed by atoms with van der Waals surface area (Å²) in [6.45, 7) is 0.404. The van der Waals surface area contributed by atoms with Gasteiger partial charge in [0.25, 0.3) is 0 Å². The number of halogens is 2. The normalized spacial score (nSPS) is 16.0. The van der Waals surface area contributed by atoms with Gasteiger partial charge in [-0.25, -0.2) is 12.8 Å². The number of aromatic nitrogens is 1. The van der Waals surface area contributed by atoms with Crippen LogP contribution in [0.1, 0.15) is 12.8 Å². The van der Waals surface area contributed by atoms with Gasteiger partial charge in [0.15, 0.2) is 0 Å². The fraction of sp³-hybridized carbons (Fsp3) is 0.300. The number of nitrogens with one attached hydrogen (secondary N) is 1. The number of anilines is 1. The van der Waals surface area contributed by atoms with Crippen LogP contribution in [-0.2, 0) is 21.9 Å². The second-order valence-electron chi connectivity index (χ2n) is 7.35. The molecule has 164 valence electrons. The van der Waals surface area contributed by atoms with Crippen LogP contribution in [0.15, 0.2) is 46.1 Å². The third-order valence-corrected chi connectivity index (χ3v) is 8.59. The lowest BCUT2D eigenvalue weighted by Gasteiger charge is -2.30. The molecular formula is C20H19ClFN3O4S2. The summed E-state index contributed by atoms with van der Waals surface area (Å²) in [5, 5.41) is 2.62. The average molecular weight is 484 g/mol. The Labute approximate surface area is 187 Å². The van der Waals surface area contributed by atoms with Gasteiger partial charge in [0, 0.05) is 31.7 Å². The van der Waals surface area contributed by atoms with Gasteiger partial charge >= 0.3 is 4.87 Å². The van der Waals surface area contributed by atoms with E-state index in [2.05, 4.69) is 5.32 Å². The van der Waals surface area contributed by atoms with E-state index in [4.69, 9.17) is 11.6 Å². The first-order valence-electron chi connectivity index (χ1n) is 9.52. The van der Waals surface area contributed by atoms with E-state index in [1.807, 2.05) is 0 Å². The zero-order chi connectivity index (χ0) is 22.3. The third kappa shape index (κ3) is 4.25. The maximum Gasteiger partial charge on any atom is 0.307 e. The first kappa shape index (κ1) is 21.9. The van der Waals surface area contributed by atoms with E-state index >= 15 is 0 Å². The Morgan fingerprint density at radius 1 is 1.19 bits per heavy atom. The predicted molar refractivity (Wildman–Crippen MR) is 119 cm³/mol. The lowest BCUT2D eigenvalue weighted by molar-refractivity contribution is -0.120. The smallest absolute Gasteiger partial charge is 0.307 e. The number of benzene rings is 2. The molecule has 31 heavy (non-hydrogen) atoms. The molecule has 1 N–H and O–H groups in total. The average Bonchev–Trinajstić information content (AvgIpc) is 3.04. The van der Waals surface area contributed by atoms with Crippen LogP contribution < -0.4 is 10.2 Å². The minimum atomic E-state index is -3.74. The highest BCUT2D eigenvalue weighted by atomic mass is 35.5. The maximum absolute atomic E-state index is 13.3. The molecule has 0 unspecified atom stereocenters. The van der Waals surface area contributed by atoms with Crippen molar-refractivity contribution in [2.24, 2.45) is 13.0 Å². The Morgan fingerprint density at radius 3 is 2.58 bits per heavy atom. The van der Waals surface area contributed by atoms with Gasteiger partial charge in [-0.2, -0.15) is 4.31 Å². The van der Waals surface area contributed by atoms with E-state index in [1.54, 1.807) is 13.1 Å². The van der Waals surface area contributed by atoms with E-state index in [-0.39, 0.29) is 39.7 Å². The van der Waals surface area contributed by atoms with Crippen LogP contribution in [0.5, 0.6) is 0 Å². The monoisotopic (exact) mass is 483 g/mol. The Hall–Kier alpha value is -2.27. The van der Waals surface area contributed by atoms with Crippen LogP contribution in [0, 0.1) is 11.7 Å². The Bertz CT molecular complexity index is 1330. The predicted octanol–water partition coefficient (Wildman–Crippen LogP) is 3.43. The zero-order valence-electron chi connectivity index (χ0n) is 16.5. The van der Waals surface area contributed by atoms with Gasteiger partial charge in [-0.05, 0) is 49.2 Å². The first-order chi connectivity index (χ1) is 14.7. The Balaban J connectivity index is 1.44. The number of amides is 1. The van der Waals surface area contributed by atoms with Crippen molar-refractivity contribution in [3.05, 3.63) is 56.9 Å². The number of carbonyl (C=O) groups excluding carboxylic acids is 1. The number of hydrogen-bond acceptors (Lipinski definition) is 5. The van der Waals surface area contributed by atoms with Crippen LogP contribution in [0.25, 0.3) is 10.2 Å². The van der Waals surface area contributed by atoms with Crippen LogP contribution >= 0.6 is 22.9 Å². The van der Waals surface area contributed by atoms with E-state index in [0.717, 1.165) is 11.3 Å². The van der Waals surface area contributed by atoms with E-state index in [9.17, 15) is 22.4 Å². The Kier molecular flexibility index (Phi) is 5.91. The summed E-state index contributed by atoms with van der Waals surface area (Å²) in [5.74, 6) is -1.19. The van der Waals surface area contributed by atoms with Gasteiger partial charge in [0.05, 0.1) is 20.1 Å². The van der Waals surface area contributed by atoms with Gasteiger partial charge in [0.1, 0.15) is 5.82 Å². The highest BCUT2D eigenvalue weighted by Gasteiger charge is 2.32. The molecule has 0 saturated carbocycles. The van der Waals surface area contributed by atoms with E-state index in [0.29, 0.717) is 28.7 Å². The number of carbonyl (C=O) groups is 1. The summed E-state index contributed by atoms with van der Waals surface area (Å²) in [4.78, 5) is 24.3. The molecule has 0 spiro atoms. The molecule has 1 aliphatic rings. The third-order valence-electron chi connectivity index (χ3n) is 5.41. The van der Waals surface area contributed by atoms with Gasteiger partial charge < -0.3 is 9.88 Å². The van der Waals surface area contributed by atoms with Gasteiger partial charge in [-0.15, -0.1) is 0 Å². The number of rotatable bonds is 4. The number of nitrogens with zero attached hydrogens (tertiary/aromatic N) is 2. The molecular weight excluding hydrogens is 465 g/mol. The summed E-state index contributed by atoms with van der Waals surface area (Å²) in [5.41, 5.74) is 1.08. The molecule has 1 aliphatic heterocycles. The van der Waals surface area contributed by atoms with Crippen molar-refractivity contribution in [1.29, 1.82) is 0 Å². The molecule has 1 aromatic heterocycles. The van der Waals surface area contributed by atoms with Gasteiger partial charge in [-0.1, -0.05) is 22.9 Å². The highest BCUT2D eigenvalue weighted by molar-refractivity contribution is 7.89. The minimum absolute atomic E-state index is 0.0842. The number of sulfonamides is 1. The van der Waals surface area contributed by atoms with Gasteiger partial charge in [0.2, 0.25) is 15.9 Å². The van der Waals surface area contributed by atoms with Crippen LogP contribution in [-0.4, -0.2) is 36.3 Å². The number of fused-ring (bicyclic) bond motifs is 1. The first-order valence-corrected chi connectivity index (χ1v) is 12.2. The summed E-state index contributed by atoms with van der Waals surface area (Å²) in [7, 11) is -2.09. The molecule has 1 saturated heterocycles. The zero-order valence-corrected chi connectivity index (χ0v) is 18.9. The number of thiazole rings is 1. The summed E-state index contributed by atoms with van der Waals surface area (Å²) in [6.07, 6.45) is 0.724. The van der Waals surface area contributed by atoms with E-state index < -0.39 is 15.8 Å². The minimum Gasteiger partial charge on any atom is -0.326 e. The molecule has 11 heteroatoms. The highest BCUT2D eigenvalue weighted by Crippen LogP contribution is 2.28. The summed E-state index contributed by atoms with van der Waals surface area (Å²) >= 11 is 6.74. The second kappa shape index (κ2) is 8.34. The molecule has 0 bridgehead atoms. The molecule has 1 fully saturated rings.